The average Bonchev–Trinajstić information content (AvgIpc) is 3.04. The van der Waals surface area contributed by atoms with Gasteiger partial charge in [0.2, 0.25) is 5.91 Å². The highest BCUT2D eigenvalue weighted by atomic mass is 35.5. The van der Waals surface area contributed by atoms with Crippen LogP contribution in [0, 0.1) is 0 Å². The molecule has 5 nitrogen and oxygen atoms in total. The molecule has 0 aromatic heterocycles. The van der Waals surface area contributed by atoms with Crippen LogP contribution in [0.3, 0.4) is 0 Å². The number of nitrogens with one attached hydrogen (secondary N) is 1. The Morgan fingerprint density at radius 3 is 2.60 bits per heavy atom. The summed E-state index contributed by atoms with van der Waals surface area (Å²) in [7, 11) is 0. The van der Waals surface area contributed by atoms with Gasteiger partial charge in [0.15, 0.2) is 6.61 Å². The van der Waals surface area contributed by atoms with Crippen LogP contribution in [0.25, 0.3) is 0 Å². The molecule has 0 spiro atoms. The third kappa shape index (κ3) is 4.24. The summed E-state index contributed by atoms with van der Waals surface area (Å²) >= 11 is 11.9. The van der Waals surface area contributed by atoms with Crippen molar-refractivity contribution in [3.05, 3.63) is 52.5 Å². The Labute approximate surface area is 155 Å². The van der Waals surface area contributed by atoms with Gasteiger partial charge in [0.25, 0.3) is 5.91 Å². The number of benzene rings is 2. The van der Waals surface area contributed by atoms with Crippen molar-refractivity contribution in [2.45, 2.75) is 12.8 Å². The molecular formula is C18H16Cl2N2O3. The van der Waals surface area contributed by atoms with Gasteiger partial charge in [-0.15, -0.1) is 0 Å². The van der Waals surface area contributed by atoms with E-state index < -0.39 is 0 Å². The van der Waals surface area contributed by atoms with Crippen LogP contribution in [0.2, 0.25) is 10.0 Å². The van der Waals surface area contributed by atoms with Gasteiger partial charge in [-0.25, -0.2) is 0 Å². The Hall–Kier alpha value is -2.24. The highest BCUT2D eigenvalue weighted by Crippen LogP contribution is 2.29. The van der Waals surface area contributed by atoms with E-state index in [1.165, 1.54) is 0 Å². The Kier molecular flexibility index (Phi) is 5.46. The number of carbonyl (C=O) groups is 2. The summed E-state index contributed by atoms with van der Waals surface area (Å²) < 4.78 is 5.46. The lowest BCUT2D eigenvalue weighted by Crippen LogP contribution is -2.23. The number of amides is 2. The maximum absolute atomic E-state index is 12.0. The highest BCUT2D eigenvalue weighted by Gasteiger charge is 2.21. The van der Waals surface area contributed by atoms with Crippen molar-refractivity contribution in [2.24, 2.45) is 0 Å². The number of ether oxygens (including phenoxy) is 1. The maximum Gasteiger partial charge on any atom is 0.262 e. The predicted molar refractivity (Wildman–Crippen MR) is 98.6 cm³/mol. The van der Waals surface area contributed by atoms with Crippen LogP contribution in [0.4, 0.5) is 11.4 Å². The van der Waals surface area contributed by atoms with Gasteiger partial charge in [-0.1, -0.05) is 29.3 Å². The zero-order valence-corrected chi connectivity index (χ0v) is 14.8. The Bertz CT molecular complexity index is 793. The molecule has 0 radical (unpaired) electrons. The summed E-state index contributed by atoms with van der Waals surface area (Å²) in [6, 6.07) is 12.1. The van der Waals surface area contributed by atoms with Crippen LogP contribution in [0.5, 0.6) is 5.75 Å². The first kappa shape index (κ1) is 17.6. The van der Waals surface area contributed by atoms with Gasteiger partial charge in [0.1, 0.15) is 5.75 Å². The molecule has 1 aliphatic heterocycles. The molecule has 2 aromatic rings. The zero-order chi connectivity index (χ0) is 17.8. The van der Waals surface area contributed by atoms with E-state index in [9.17, 15) is 9.59 Å². The van der Waals surface area contributed by atoms with Gasteiger partial charge < -0.3 is 15.0 Å². The van der Waals surface area contributed by atoms with Gasteiger partial charge in [-0.05, 0) is 42.8 Å². The van der Waals surface area contributed by atoms with Gasteiger partial charge in [-0.2, -0.15) is 0 Å². The average molecular weight is 379 g/mol. The molecular weight excluding hydrogens is 363 g/mol. The Morgan fingerprint density at radius 2 is 1.92 bits per heavy atom. The van der Waals surface area contributed by atoms with Gasteiger partial charge in [-0.3, -0.25) is 9.59 Å². The molecule has 0 unspecified atom stereocenters. The van der Waals surface area contributed by atoms with Gasteiger partial charge in [0.05, 0.1) is 15.7 Å². The maximum atomic E-state index is 12.0. The van der Waals surface area contributed by atoms with E-state index in [0.717, 1.165) is 18.7 Å². The molecule has 0 bridgehead atoms. The molecule has 3 rings (SSSR count). The minimum absolute atomic E-state index is 0.131. The molecule has 1 fully saturated rings. The fourth-order valence-corrected chi connectivity index (χ4v) is 2.93. The SMILES string of the molecule is O=C(COc1ccc(N2CCCC2=O)cc1)Nc1cccc(Cl)c1Cl. The first-order chi connectivity index (χ1) is 12.0. The van der Waals surface area contributed by atoms with Crippen LogP contribution >= 0.6 is 23.2 Å². The van der Waals surface area contributed by atoms with Gasteiger partial charge in [0, 0.05) is 18.7 Å². The lowest BCUT2D eigenvalue weighted by Gasteiger charge is -2.16. The van der Waals surface area contributed by atoms with Crippen molar-refractivity contribution in [2.75, 3.05) is 23.4 Å². The lowest BCUT2D eigenvalue weighted by molar-refractivity contribution is -0.118. The van der Waals surface area contributed by atoms with Crippen LogP contribution in [0.15, 0.2) is 42.5 Å². The first-order valence-corrected chi connectivity index (χ1v) is 8.57. The van der Waals surface area contributed by atoms with E-state index in [-0.39, 0.29) is 23.4 Å². The molecule has 1 heterocycles. The third-order valence-corrected chi connectivity index (χ3v) is 4.64. The number of carbonyl (C=O) groups excluding carboxylic acids is 2. The predicted octanol–water partition coefficient (Wildman–Crippen LogP) is 4.14. The number of halogens is 2. The number of nitrogens with zero attached hydrogens (tertiary/aromatic N) is 1. The summed E-state index contributed by atoms with van der Waals surface area (Å²) in [4.78, 5) is 25.4. The number of hydrogen-bond donors (Lipinski definition) is 1. The zero-order valence-electron chi connectivity index (χ0n) is 13.3. The molecule has 2 aromatic carbocycles. The second-order valence-electron chi connectivity index (χ2n) is 5.58. The minimum atomic E-state index is -0.344. The van der Waals surface area contributed by atoms with Crippen molar-refractivity contribution in [1.29, 1.82) is 0 Å². The first-order valence-electron chi connectivity index (χ1n) is 7.81. The molecule has 1 aliphatic rings. The van der Waals surface area contributed by atoms with Crippen molar-refractivity contribution >= 4 is 46.4 Å². The molecule has 0 atom stereocenters. The summed E-state index contributed by atoms with van der Waals surface area (Å²) in [5.74, 6) is 0.331. The summed E-state index contributed by atoms with van der Waals surface area (Å²) in [5.41, 5.74) is 1.27. The van der Waals surface area contributed by atoms with E-state index in [0.29, 0.717) is 22.9 Å². The second kappa shape index (κ2) is 7.76. The normalized spacial score (nSPS) is 13.8. The number of rotatable bonds is 5. The number of hydrogen-bond acceptors (Lipinski definition) is 3. The van der Waals surface area contributed by atoms with Crippen molar-refractivity contribution < 1.29 is 14.3 Å². The molecule has 0 aliphatic carbocycles. The summed E-state index contributed by atoms with van der Waals surface area (Å²) in [6.45, 7) is 0.576. The molecule has 1 saturated heterocycles. The molecule has 25 heavy (non-hydrogen) atoms. The quantitative estimate of drug-likeness (QED) is 0.850. The third-order valence-electron chi connectivity index (χ3n) is 3.82. The fraction of sp³-hybridized carbons (Fsp3) is 0.222. The van der Waals surface area contributed by atoms with E-state index in [1.54, 1.807) is 35.2 Å². The Morgan fingerprint density at radius 1 is 1.16 bits per heavy atom. The van der Waals surface area contributed by atoms with Crippen molar-refractivity contribution in [1.82, 2.24) is 0 Å². The van der Waals surface area contributed by atoms with E-state index in [1.807, 2.05) is 12.1 Å². The van der Waals surface area contributed by atoms with Crippen LogP contribution in [-0.2, 0) is 9.59 Å². The van der Waals surface area contributed by atoms with E-state index in [4.69, 9.17) is 27.9 Å². The largest absolute Gasteiger partial charge is 0.484 e. The molecule has 130 valence electrons. The molecule has 2 amide bonds. The standard InChI is InChI=1S/C18H16Cl2N2O3/c19-14-3-1-4-15(18(14)20)21-16(23)11-25-13-8-6-12(7-9-13)22-10-2-5-17(22)24/h1,3-4,6-9H,2,5,10-11H2,(H,21,23). The summed E-state index contributed by atoms with van der Waals surface area (Å²) in [5, 5.41) is 3.31. The second-order valence-corrected chi connectivity index (χ2v) is 6.37. The highest BCUT2D eigenvalue weighted by molar-refractivity contribution is 6.44. The van der Waals surface area contributed by atoms with E-state index in [2.05, 4.69) is 5.32 Å². The molecule has 0 saturated carbocycles. The van der Waals surface area contributed by atoms with Crippen LogP contribution < -0.4 is 15.0 Å². The topological polar surface area (TPSA) is 58.6 Å². The smallest absolute Gasteiger partial charge is 0.262 e. The van der Waals surface area contributed by atoms with Crippen LogP contribution in [-0.4, -0.2) is 25.0 Å². The van der Waals surface area contributed by atoms with Crippen molar-refractivity contribution in [3.63, 3.8) is 0 Å². The van der Waals surface area contributed by atoms with Gasteiger partial charge >= 0.3 is 0 Å². The van der Waals surface area contributed by atoms with Crippen molar-refractivity contribution in [3.8, 4) is 5.75 Å². The van der Waals surface area contributed by atoms with Crippen LogP contribution in [0.1, 0.15) is 12.8 Å². The molecule has 7 heteroatoms. The molecule has 1 N–H and O–H groups in total. The lowest BCUT2D eigenvalue weighted by atomic mass is 10.3. The number of anilines is 2. The minimum Gasteiger partial charge on any atom is -0.484 e. The monoisotopic (exact) mass is 378 g/mol. The summed E-state index contributed by atoms with van der Waals surface area (Å²) in [6.07, 6.45) is 1.47. The van der Waals surface area contributed by atoms with E-state index >= 15 is 0 Å². The Balaban J connectivity index is 1.55. The fourth-order valence-electron chi connectivity index (χ4n) is 2.58.